The molecule has 0 unspecified atom stereocenters. The normalized spacial score (nSPS) is 11.4. The number of halogens is 1. The van der Waals surface area contributed by atoms with Crippen LogP contribution in [-0.2, 0) is 13.1 Å². The molecule has 0 saturated heterocycles. The zero-order chi connectivity index (χ0) is 21.5. The summed E-state index contributed by atoms with van der Waals surface area (Å²) in [5.74, 6) is 1.88. The van der Waals surface area contributed by atoms with Crippen LogP contribution < -0.4 is 10.6 Å². The molecule has 9 heteroatoms. The highest BCUT2D eigenvalue weighted by molar-refractivity contribution is 14.0. The first-order valence-corrected chi connectivity index (χ1v) is 10.6. The molecule has 2 N–H and O–H groups in total. The maximum Gasteiger partial charge on any atom is 0.191 e. The van der Waals surface area contributed by atoms with E-state index >= 15 is 0 Å². The highest BCUT2D eigenvalue weighted by Gasteiger charge is 2.06. The molecule has 0 spiro atoms. The highest BCUT2D eigenvalue weighted by Crippen LogP contribution is 2.15. The second kappa shape index (κ2) is 11.6. The lowest BCUT2D eigenvalue weighted by molar-refractivity contribution is 0.624. The minimum atomic E-state index is 0. The molecule has 0 fully saturated rings. The van der Waals surface area contributed by atoms with Crippen LogP contribution in [0.4, 0.5) is 0 Å². The van der Waals surface area contributed by atoms with Gasteiger partial charge in [0.1, 0.15) is 18.5 Å². The van der Waals surface area contributed by atoms with E-state index in [1.165, 1.54) is 11.8 Å². The van der Waals surface area contributed by atoms with E-state index in [0.29, 0.717) is 6.54 Å². The lowest BCUT2D eigenvalue weighted by Crippen LogP contribution is -2.38. The molecule has 32 heavy (non-hydrogen) atoms. The summed E-state index contributed by atoms with van der Waals surface area (Å²) >= 11 is 0. The Hall–Kier alpha value is -2.95. The van der Waals surface area contributed by atoms with Crippen molar-refractivity contribution in [3.63, 3.8) is 0 Å². The second-order valence-corrected chi connectivity index (χ2v) is 7.28. The Morgan fingerprint density at radius 3 is 2.62 bits per heavy atom. The van der Waals surface area contributed by atoms with Gasteiger partial charge >= 0.3 is 0 Å². The first-order chi connectivity index (χ1) is 15.2. The molecule has 0 bridgehead atoms. The van der Waals surface area contributed by atoms with Gasteiger partial charge in [-0.1, -0.05) is 24.3 Å². The predicted octanol–water partition coefficient (Wildman–Crippen LogP) is 3.69. The van der Waals surface area contributed by atoms with Crippen molar-refractivity contribution in [2.45, 2.75) is 33.4 Å². The lowest BCUT2D eigenvalue weighted by atomic mass is 10.2. The summed E-state index contributed by atoms with van der Waals surface area (Å²) in [6.07, 6.45) is 4.20. The highest BCUT2D eigenvalue weighted by atomic mass is 127. The van der Waals surface area contributed by atoms with E-state index < -0.39 is 0 Å². The molecule has 2 heterocycles. The zero-order valence-corrected chi connectivity index (χ0v) is 20.7. The third kappa shape index (κ3) is 5.84. The van der Waals surface area contributed by atoms with Gasteiger partial charge in [-0.05, 0) is 50.1 Å². The van der Waals surface area contributed by atoms with Crippen molar-refractivity contribution in [2.75, 3.05) is 13.1 Å². The molecule has 0 aliphatic carbocycles. The fourth-order valence-corrected chi connectivity index (χ4v) is 3.53. The van der Waals surface area contributed by atoms with Gasteiger partial charge in [0.05, 0.1) is 23.3 Å². The van der Waals surface area contributed by atoms with Crippen molar-refractivity contribution in [2.24, 2.45) is 4.99 Å². The van der Waals surface area contributed by atoms with Crippen molar-refractivity contribution in [3.05, 3.63) is 72.6 Å². The van der Waals surface area contributed by atoms with E-state index in [0.717, 1.165) is 54.6 Å². The molecule has 0 amide bonds. The molecule has 0 saturated carbocycles. The quantitative estimate of drug-likeness (QED) is 0.153. The average Bonchev–Trinajstić information content (AvgIpc) is 3.43. The number of hydrogen-bond donors (Lipinski definition) is 2. The molecule has 2 aromatic carbocycles. The van der Waals surface area contributed by atoms with Crippen molar-refractivity contribution in [1.82, 2.24) is 34.9 Å². The number of aryl methyl sites for hydroxylation is 2. The summed E-state index contributed by atoms with van der Waals surface area (Å²) in [7, 11) is 0. The van der Waals surface area contributed by atoms with Gasteiger partial charge < -0.3 is 15.2 Å². The molecule has 4 aromatic rings. The molecule has 0 aliphatic rings. The van der Waals surface area contributed by atoms with E-state index in [-0.39, 0.29) is 24.0 Å². The van der Waals surface area contributed by atoms with Gasteiger partial charge in [0, 0.05) is 19.6 Å². The number of imidazole rings is 1. The maximum absolute atomic E-state index is 4.72. The van der Waals surface area contributed by atoms with Crippen LogP contribution in [0, 0.1) is 6.92 Å². The Bertz CT molecular complexity index is 1130. The smallest absolute Gasteiger partial charge is 0.191 e. The van der Waals surface area contributed by atoms with Crippen molar-refractivity contribution >= 4 is 41.0 Å². The molecule has 0 atom stereocenters. The van der Waals surface area contributed by atoms with Crippen molar-refractivity contribution < 1.29 is 0 Å². The second-order valence-electron chi connectivity index (χ2n) is 7.28. The minimum Gasteiger partial charge on any atom is -0.357 e. The number of benzene rings is 2. The topological polar surface area (TPSA) is 85.0 Å². The third-order valence-electron chi connectivity index (χ3n) is 5.08. The summed E-state index contributed by atoms with van der Waals surface area (Å²) in [5, 5.41) is 10.9. The van der Waals surface area contributed by atoms with Gasteiger partial charge in [0.15, 0.2) is 5.96 Å². The number of hydrogen-bond acceptors (Lipinski definition) is 4. The lowest BCUT2D eigenvalue weighted by Gasteiger charge is -2.12. The fourth-order valence-electron chi connectivity index (χ4n) is 3.53. The van der Waals surface area contributed by atoms with Crippen LogP contribution in [-0.4, -0.2) is 43.4 Å². The summed E-state index contributed by atoms with van der Waals surface area (Å²) < 4.78 is 4.02. The molecule has 168 valence electrons. The molecule has 0 radical (unpaired) electrons. The summed E-state index contributed by atoms with van der Waals surface area (Å²) in [5.41, 5.74) is 4.37. The van der Waals surface area contributed by atoms with Crippen molar-refractivity contribution in [1.29, 1.82) is 0 Å². The summed E-state index contributed by atoms with van der Waals surface area (Å²) in [6.45, 7) is 7.32. The number of fused-ring (bicyclic) bond motifs is 1. The van der Waals surface area contributed by atoms with Gasteiger partial charge in [-0.25, -0.2) is 19.6 Å². The molecular formula is C23H29IN8. The SMILES string of the molecule is CCNC(=NCc1ccc(-n2cncn2)cc1)NCCCn1c(C)nc2ccccc21.I. The first-order valence-electron chi connectivity index (χ1n) is 10.6. The van der Waals surface area contributed by atoms with Gasteiger partial charge in [-0.3, -0.25) is 0 Å². The largest absolute Gasteiger partial charge is 0.357 e. The number of nitrogens with one attached hydrogen (secondary N) is 2. The van der Waals surface area contributed by atoms with Crippen LogP contribution in [0.25, 0.3) is 16.7 Å². The van der Waals surface area contributed by atoms with E-state index in [4.69, 9.17) is 4.99 Å². The van der Waals surface area contributed by atoms with Gasteiger partial charge in [0.2, 0.25) is 0 Å². The van der Waals surface area contributed by atoms with Crippen LogP contribution in [0.2, 0.25) is 0 Å². The van der Waals surface area contributed by atoms with Gasteiger partial charge in [-0.2, -0.15) is 5.10 Å². The Balaban J connectivity index is 0.00000289. The number of guanidine groups is 1. The predicted molar refractivity (Wildman–Crippen MR) is 139 cm³/mol. The molecule has 2 aromatic heterocycles. The van der Waals surface area contributed by atoms with Crippen LogP contribution in [0.5, 0.6) is 0 Å². The Labute approximate surface area is 205 Å². The Morgan fingerprint density at radius 1 is 1.06 bits per heavy atom. The van der Waals surface area contributed by atoms with E-state index in [1.54, 1.807) is 11.0 Å². The Kier molecular flexibility index (Phi) is 8.60. The van der Waals surface area contributed by atoms with Gasteiger partial charge in [-0.15, -0.1) is 24.0 Å². The Morgan fingerprint density at radius 2 is 1.88 bits per heavy atom. The van der Waals surface area contributed by atoms with Crippen molar-refractivity contribution in [3.8, 4) is 5.69 Å². The zero-order valence-electron chi connectivity index (χ0n) is 18.4. The fraction of sp³-hybridized carbons (Fsp3) is 0.304. The van der Waals surface area contributed by atoms with Crippen LogP contribution in [0.15, 0.2) is 66.2 Å². The summed E-state index contributed by atoms with van der Waals surface area (Å²) in [6, 6.07) is 16.5. The number of nitrogens with zero attached hydrogens (tertiary/aromatic N) is 6. The van der Waals surface area contributed by atoms with Gasteiger partial charge in [0.25, 0.3) is 0 Å². The van der Waals surface area contributed by atoms with Crippen LogP contribution in [0.3, 0.4) is 0 Å². The number of rotatable bonds is 8. The number of aromatic nitrogens is 5. The van der Waals surface area contributed by atoms with E-state index in [1.807, 2.05) is 18.2 Å². The minimum absolute atomic E-state index is 0. The molecule has 8 nitrogen and oxygen atoms in total. The third-order valence-corrected chi connectivity index (χ3v) is 5.08. The molecular weight excluding hydrogens is 515 g/mol. The van der Waals surface area contributed by atoms with E-state index in [9.17, 15) is 0 Å². The average molecular weight is 544 g/mol. The maximum atomic E-state index is 4.72. The standard InChI is InChI=1S/C23H28N8.HI/c1-3-25-23(27-15-19-9-11-20(12-10-19)31-17-24-16-28-31)26-13-6-14-30-18(2)29-21-7-4-5-8-22(21)30;/h4-5,7-12,16-17H,3,6,13-15H2,1-2H3,(H2,25,26,27);1H. The summed E-state index contributed by atoms with van der Waals surface area (Å²) in [4.78, 5) is 13.3. The first kappa shape index (κ1) is 23.7. The number of aliphatic imine (C=N–C) groups is 1. The van der Waals surface area contributed by atoms with E-state index in [2.05, 4.69) is 74.4 Å². The monoisotopic (exact) mass is 544 g/mol. The number of para-hydroxylation sites is 2. The van der Waals surface area contributed by atoms with Crippen LogP contribution in [0.1, 0.15) is 24.7 Å². The molecule has 4 rings (SSSR count). The van der Waals surface area contributed by atoms with Crippen LogP contribution >= 0.6 is 24.0 Å². The molecule has 0 aliphatic heterocycles.